The van der Waals surface area contributed by atoms with E-state index in [0.29, 0.717) is 5.56 Å². The molecule has 0 spiro atoms. The summed E-state index contributed by atoms with van der Waals surface area (Å²) in [6, 6.07) is 20.1. The van der Waals surface area contributed by atoms with Crippen molar-refractivity contribution in [2.24, 2.45) is 16.9 Å². The molecule has 3 aliphatic rings. The Morgan fingerprint density at radius 2 is 1.58 bits per heavy atom. The van der Waals surface area contributed by atoms with Gasteiger partial charge in [-0.25, -0.2) is 9.29 Å². The molecule has 0 radical (unpaired) electrons. The topological polar surface area (TPSA) is 70.0 Å². The van der Waals surface area contributed by atoms with Gasteiger partial charge >= 0.3 is 0 Å². The van der Waals surface area contributed by atoms with Gasteiger partial charge in [0.05, 0.1) is 29.8 Å². The zero-order valence-electron chi connectivity index (χ0n) is 17.3. The Kier molecular flexibility index (Phi) is 4.26. The number of carbonyl (C=O) groups is 3. The van der Waals surface area contributed by atoms with Crippen LogP contribution >= 0.6 is 0 Å². The van der Waals surface area contributed by atoms with Crippen molar-refractivity contribution in [1.29, 1.82) is 0 Å². The number of hydrazone groups is 1. The number of amides is 2. The van der Waals surface area contributed by atoms with Crippen molar-refractivity contribution in [3.8, 4) is 0 Å². The highest BCUT2D eigenvalue weighted by Crippen LogP contribution is 2.53. The Bertz CT molecular complexity index is 1340. The number of hydrogen-bond donors (Lipinski definition) is 0. The van der Waals surface area contributed by atoms with Crippen molar-refractivity contribution in [3.05, 3.63) is 101 Å². The largest absolute Gasteiger partial charge is 0.292 e. The summed E-state index contributed by atoms with van der Waals surface area (Å²) in [4.78, 5) is 42.0. The summed E-state index contributed by atoms with van der Waals surface area (Å²) in [5.41, 5.74) is 2.30. The molecule has 3 aromatic carbocycles. The van der Waals surface area contributed by atoms with E-state index < -0.39 is 41.6 Å². The summed E-state index contributed by atoms with van der Waals surface area (Å²) in [5, 5.41) is 6.15. The van der Waals surface area contributed by atoms with Crippen LogP contribution in [0.3, 0.4) is 0 Å². The van der Waals surface area contributed by atoms with Crippen molar-refractivity contribution in [2.45, 2.75) is 12.1 Å². The standard InChI is InChI=1S/C26H18FN3O3/c27-17-10-6-11-18(13-17)29-25(32)20-21(26(29)33)23(24(31)15-7-2-1-3-8-15)30-22(20)19-12-5-4-9-16(19)14-28-30/h1-14,20-23H/t20-,21-,22+,23+/m0/s1. The molecule has 4 atom stereocenters. The maximum Gasteiger partial charge on any atom is 0.240 e. The smallest absolute Gasteiger partial charge is 0.240 e. The second kappa shape index (κ2) is 7.20. The van der Waals surface area contributed by atoms with E-state index in [4.69, 9.17) is 0 Å². The van der Waals surface area contributed by atoms with Gasteiger partial charge in [0.25, 0.3) is 0 Å². The summed E-state index contributed by atoms with van der Waals surface area (Å²) >= 11 is 0. The van der Waals surface area contributed by atoms with E-state index >= 15 is 0 Å². The molecule has 162 valence electrons. The van der Waals surface area contributed by atoms with Crippen LogP contribution in [0.2, 0.25) is 0 Å². The van der Waals surface area contributed by atoms with E-state index in [1.54, 1.807) is 35.5 Å². The van der Waals surface area contributed by atoms with E-state index in [0.717, 1.165) is 22.1 Å². The maximum atomic E-state index is 13.9. The third-order valence-electron chi connectivity index (χ3n) is 6.69. The number of fused-ring (bicyclic) bond motifs is 5. The van der Waals surface area contributed by atoms with Crippen LogP contribution in [0.15, 0.2) is 84.0 Å². The van der Waals surface area contributed by atoms with Crippen LogP contribution in [0.5, 0.6) is 0 Å². The average molecular weight is 439 g/mol. The summed E-state index contributed by atoms with van der Waals surface area (Å²) in [6.07, 6.45) is 1.66. The summed E-state index contributed by atoms with van der Waals surface area (Å²) in [7, 11) is 0. The Balaban J connectivity index is 1.51. The van der Waals surface area contributed by atoms with Gasteiger partial charge in [0.1, 0.15) is 11.9 Å². The lowest BCUT2D eigenvalue weighted by Gasteiger charge is -2.33. The minimum Gasteiger partial charge on any atom is -0.292 e. The van der Waals surface area contributed by atoms with Crippen LogP contribution in [-0.4, -0.2) is 34.9 Å². The number of Topliss-reactive ketones (excluding diaryl/α,β-unsaturated/α-hetero) is 1. The predicted molar refractivity (Wildman–Crippen MR) is 119 cm³/mol. The Morgan fingerprint density at radius 3 is 2.36 bits per heavy atom. The monoisotopic (exact) mass is 439 g/mol. The number of nitrogens with zero attached hydrogens (tertiary/aromatic N) is 3. The van der Waals surface area contributed by atoms with Crippen molar-refractivity contribution in [2.75, 3.05) is 4.90 Å². The van der Waals surface area contributed by atoms with Gasteiger partial charge in [-0.3, -0.25) is 19.4 Å². The van der Waals surface area contributed by atoms with Crippen LogP contribution in [-0.2, 0) is 9.59 Å². The van der Waals surface area contributed by atoms with E-state index in [2.05, 4.69) is 5.10 Å². The quantitative estimate of drug-likeness (QED) is 0.462. The third kappa shape index (κ3) is 2.78. The molecule has 6 rings (SSSR count). The van der Waals surface area contributed by atoms with E-state index in [9.17, 15) is 18.8 Å². The first-order valence-corrected chi connectivity index (χ1v) is 10.7. The third-order valence-corrected chi connectivity index (χ3v) is 6.69. The zero-order valence-corrected chi connectivity index (χ0v) is 17.3. The van der Waals surface area contributed by atoms with Crippen LogP contribution in [0.1, 0.15) is 27.5 Å². The SMILES string of the molecule is O=C(c1ccccc1)[C@H]1[C@H]2C(=O)N(c3cccc(F)c3)C(=O)[C@@H]2[C@H]2c3ccccc3C=NN21. The van der Waals surface area contributed by atoms with Gasteiger partial charge in [-0.1, -0.05) is 60.7 Å². The number of imide groups is 1. The molecule has 3 aliphatic heterocycles. The first-order valence-electron chi connectivity index (χ1n) is 10.7. The van der Waals surface area contributed by atoms with Crippen molar-refractivity contribution in [3.63, 3.8) is 0 Å². The number of rotatable bonds is 3. The first kappa shape index (κ1) is 19.5. The number of ketones is 1. The molecule has 2 fully saturated rings. The summed E-state index contributed by atoms with van der Waals surface area (Å²) in [5.74, 6) is -3.50. The molecule has 3 heterocycles. The van der Waals surface area contributed by atoms with Crippen molar-refractivity contribution >= 4 is 29.5 Å². The van der Waals surface area contributed by atoms with Gasteiger partial charge in [-0.05, 0) is 29.3 Å². The number of anilines is 1. The number of halogens is 1. The van der Waals surface area contributed by atoms with Crippen LogP contribution in [0.4, 0.5) is 10.1 Å². The molecule has 0 aliphatic carbocycles. The summed E-state index contributed by atoms with van der Waals surface area (Å²) < 4.78 is 13.9. The van der Waals surface area contributed by atoms with Gasteiger partial charge in [0.2, 0.25) is 11.8 Å². The van der Waals surface area contributed by atoms with Gasteiger partial charge in [-0.15, -0.1) is 0 Å². The fraction of sp³-hybridized carbons (Fsp3) is 0.154. The Labute approximate surface area is 188 Å². The number of hydrogen-bond acceptors (Lipinski definition) is 5. The predicted octanol–water partition coefficient (Wildman–Crippen LogP) is 3.59. The summed E-state index contributed by atoms with van der Waals surface area (Å²) in [6.45, 7) is 0. The van der Waals surface area contributed by atoms with Gasteiger partial charge in [0.15, 0.2) is 5.78 Å². The highest BCUT2D eigenvalue weighted by molar-refractivity contribution is 6.24. The molecular weight excluding hydrogens is 421 g/mol. The second-order valence-electron chi connectivity index (χ2n) is 8.42. The minimum atomic E-state index is -0.943. The second-order valence-corrected chi connectivity index (χ2v) is 8.42. The normalized spacial score (nSPS) is 25.1. The lowest BCUT2D eigenvalue weighted by atomic mass is 9.83. The molecule has 0 saturated carbocycles. The first-order chi connectivity index (χ1) is 16.1. The van der Waals surface area contributed by atoms with Gasteiger partial charge in [0, 0.05) is 5.56 Å². The molecule has 2 saturated heterocycles. The van der Waals surface area contributed by atoms with Crippen LogP contribution in [0.25, 0.3) is 0 Å². The van der Waals surface area contributed by atoms with Gasteiger partial charge < -0.3 is 0 Å². The highest BCUT2D eigenvalue weighted by atomic mass is 19.1. The molecule has 0 aromatic heterocycles. The average Bonchev–Trinajstić information content (AvgIpc) is 3.32. The van der Waals surface area contributed by atoms with E-state index in [-0.39, 0.29) is 11.5 Å². The fourth-order valence-electron chi connectivity index (χ4n) is 5.31. The maximum absolute atomic E-state index is 13.9. The van der Waals surface area contributed by atoms with Crippen molar-refractivity contribution < 1.29 is 18.8 Å². The van der Waals surface area contributed by atoms with Crippen molar-refractivity contribution in [1.82, 2.24) is 5.01 Å². The fourth-order valence-corrected chi connectivity index (χ4v) is 5.31. The lowest BCUT2D eigenvalue weighted by Crippen LogP contribution is -2.44. The molecule has 6 nitrogen and oxygen atoms in total. The molecule has 0 unspecified atom stereocenters. The lowest BCUT2D eigenvalue weighted by molar-refractivity contribution is -0.124. The number of carbonyl (C=O) groups excluding carboxylic acids is 3. The molecule has 3 aromatic rings. The van der Waals surface area contributed by atoms with E-state index in [1.807, 2.05) is 30.3 Å². The van der Waals surface area contributed by atoms with Gasteiger partial charge in [-0.2, -0.15) is 5.10 Å². The highest BCUT2D eigenvalue weighted by Gasteiger charge is 2.65. The molecule has 2 amide bonds. The number of benzene rings is 3. The minimum absolute atomic E-state index is 0.171. The zero-order chi connectivity index (χ0) is 22.7. The molecule has 33 heavy (non-hydrogen) atoms. The molecular formula is C26H18FN3O3. The molecule has 0 bridgehead atoms. The van der Waals surface area contributed by atoms with E-state index in [1.165, 1.54) is 18.2 Å². The molecule has 7 heteroatoms. The van der Waals surface area contributed by atoms with Crippen LogP contribution < -0.4 is 4.90 Å². The Morgan fingerprint density at radius 1 is 0.848 bits per heavy atom. The van der Waals surface area contributed by atoms with Crippen LogP contribution in [0, 0.1) is 17.7 Å². The molecule has 0 N–H and O–H groups in total. The Hall–Kier alpha value is -4.13.